The summed E-state index contributed by atoms with van der Waals surface area (Å²) in [5.74, 6) is 6.32. The van der Waals surface area contributed by atoms with E-state index in [1.807, 2.05) is 6.20 Å². The van der Waals surface area contributed by atoms with Gasteiger partial charge in [0.25, 0.3) is 0 Å². The third kappa shape index (κ3) is 2.98. The maximum Gasteiger partial charge on any atom is 0.167 e. The molecule has 0 saturated carbocycles. The minimum absolute atomic E-state index is 0.867. The number of nitrogens with zero attached hydrogens (tertiary/aromatic N) is 1. The molecule has 0 aliphatic rings. The molecule has 0 spiro atoms. The van der Waals surface area contributed by atoms with E-state index in [9.17, 15) is 0 Å². The lowest BCUT2D eigenvalue weighted by atomic mass is 10.1. The topological polar surface area (TPSA) is 12.9 Å². The summed E-state index contributed by atoms with van der Waals surface area (Å²) >= 11 is 3.35. The van der Waals surface area contributed by atoms with Gasteiger partial charge in [0.2, 0.25) is 0 Å². The zero-order valence-corrected chi connectivity index (χ0v) is 12.9. The summed E-state index contributed by atoms with van der Waals surface area (Å²) in [5, 5.41) is 0.867. The molecule has 0 saturated heterocycles. The Hall–Kier alpha value is -1.89. The molecule has 0 N–H and O–H groups in total. The summed E-state index contributed by atoms with van der Waals surface area (Å²) in [6, 6.07) is 12.6. The second-order valence-corrected chi connectivity index (χ2v) is 6.87. The highest BCUT2D eigenvalue weighted by molar-refractivity contribution is 7.15. The first-order valence-corrected chi connectivity index (χ1v) is 7.95. The zero-order chi connectivity index (χ0) is 13.9. The molecule has 20 heavy (non-hydrogen) atoms. The molecule has 0 fully saturated rings. The van der Waals surface area contributed by atoms with Gasteiger partial charge in [-0.2, -0.15) is 0 Å². The molecular weight excluding hydrogens is 282 g/mol. The molecule has 1 nitrogen and oxygen atoms in total. The van der Waals surface area contributed by atoms with Crippen molar-refractivity contribution in [1.82, 2.24) is 4.98 Å². The van der Waals surface area contributed by atoms with Crippen LogP contribution in [0.25, 0.3) is 10.4 Å². The van der Waals surface area contributed by atoms with E-state index in [0.717, 1.165) is 14.8 Å². The highest BCUT2D eigenvalue weighted by Crippen LogP contribution is 2.26. The van der Waals surface area contributed by atoms with Gasteiger partial charge < -0.3 is 0 Å². The van der Waals surface area contributed by atoms with Crippen LogP contribution in [0.1, 0.15) is 20.3 Å². The lowest BCUT2D eigenvalue weighted by Gasteiger charge is -1.96. The molecule has 2 aromatic heterocycles. The summed E-state index contributed by atoms with van der Waals surface area (Å²) in [7, 11) is 0. The normalized spacial score (nSPS) is 10.1. The van der Waals surface area contributed by atoms with Crippen LogP contribution >= 0.6 is 22.7 Å². The summed E-state index contributed by atoms with van der Waals surface area (Å²) in [6.45, 7) is 4.19. The maximum atomic E-state index is 4.39. The van der Waals surface area contributed by atoms with Crippen molar-refractivity contribution in [3.63, 3.8) is 0 Å². The Morgan fingerprint density at radius 3 is 2.40 bits per heavy atom. The minimum atomic E-state index is 0.867. The van der Waals surface area contributed by atoms with Gasteiger partial charge in [-0.05, 0) is 43.4 Å². The van der Waals surface area contributed by atoms with Crippen LogP contribution < -0.4 is 0 Å². The Morgan fingerprint density at radius 2 is 1.70 bits per heavy atom. The second-order valence-electron chi connectivity index (χ2n) is 4.56. The van der Waals surface area contributed by atoms with Crippen molar-refractivity contribution in [3.8, 4) is 22.3 Å². The first-order chi connectivity index (χ1) is 9.70. The molecule has 3 aromatic rings. The number of rotatable bonds is 1. The molecule has 3 rings (SSSR count). The van der Waals surface area contributed by atoms with Crippen LogP contribution in [0.3, 0.4) is 0 Å². The standard InChI is InChI=1S/C17H13NS2/c1-12-3-6-14(7-4-12)16-11-18-17(20-16)10-9-15-8-5-13(2)19-15/h3-8,11H,1-2H3. The number of aryl methyl sites for hydroxylation is 2. The van der Waals surface area contributed by atoms with Crippen molar-refractivity contribution < 1.29 is 0 Å². The predicted octanol–water partition coefficient (Wildman–Crippen LogP) is 4.89. The smallest absolute Gasteiger partial charge is 0.167 e. The van der Waals surface area contributed by atoms with Gasteiger partial charge in [0.1, 0.15) is 0 Å². The van der Waals surface area contributed by atoms with E-state index in [1.54, 1.807) is 22.7 Å². The van der Waals surface area contributed by atoms with Gasteiger partial charge in [-0.3, -0.25) is 0 Å². The van der Waals surface area contributed by atoms with E-state index in [4.69, 9.17) is 0 Å². The van der Waals surface area contributed by atoms with Crippen LogP contribution in [0.15, 0.2) is 42.6 Å². The third-order valence-corrected chi connectivity index (χ3v) is 4.75. The monoisotopic (exact) mass is 295 g/mol. The highest BCUT2D eigenvalue weighted by Gasteiger charge is 2.02. The van der Waals surface area contributed by atoms with E-state index in [2.05, 4.69) is 67.1 Å². The Kier molecular flexibility index (Phi) is 3.68. The van der Waals surface area contributed by atoms with E-state index < -0.39 is 0 Å². The van der Waals surface area contributed by atoms with Crippen LogP contribution in [-0.4, -0.2) is 4.98 Å². The van der Waals surface area contributed by atoms with E-state index >= 15 is 0 Å². The number of hydrogen-bond acceptors (Lipinski definition) is 3. The first kappa shape index (κ1) is 13.1. The second kappa shape index (κ2) is 5.62. The summed E-state index contributed by atoms with van der Waals surface area (Å²) < 4.78 is 0. The van der Waals surface area contributed by atoms with Gasteiger partial charge in [-0.25, -0.2) is 4.98 Å². The van der Waals surface area contributed by atoms with E-state index in [0.29, 0.717) is 0 Å². The molecule has 0 aliphatic heterocycles. The van der Waals surface area contributed by atoms with Gasteiger partial charge >= 0.3 is 0 Å². The summed E-state index contributed by atoms with van der Waals surface area (Å²) in [6.07, 6.45) is 1.90. The Bertz CT molecular complexity index is 782. The minimum Gasteiger partial charge on any atom is -0.236 e. The summed E-state index contributed by atoms with van der Waals surface area (Å²) in [5.41, 5.74) is 2.47. The molecule has 0 bridgehead atoms. The van der Waals surface area contributed by atoms with Crippen molar-refractivity contribution in [2.75, 3.05) is 0 Å². The Morgan fingerprint density at radius 1 is 0.900 bits per heavy atom. The Labute approximate surface area is 127 Å². The molecular formula is C17H13NS2. The molecule has 0 unspecified atom stereocenters. The van der Waals surface area contributed by atoms with Crippen LogP contribution in [0.2, 0.25) is 0 Å². The number of thiophene rings is 1. The molecule has 3 heteroatoms. The Balaban J connectivity index is 1.84. The van der Waals surface area contributed by atoms with Gasteiger partial charge in [0, 0.05) is 11.1 Å². The molecule has 98 valence electrons. The lowest BCUT2D eigenvalue weighted by molar-refractivity contribution is 1.38. The van der Waals surface area contributed by atoms with Gasteiger partial charge in [0.15, 0.2) is 5.01 Å². The maximum absolute atomic E-state index is 4.39. The number of hydrogen-bond donors (Lipinski definition) is 0. The van der Waals surface area contributed by atoms with Gasteiger partial charge in [0.05, 0.1) is 9.75 Å². The number of benzene rings is 1. The fraction of sp³-hybridized carbons (Fsp3) is 0.118. The average molecular weight is 295 g/mol. The van der Waals surface area contributed by atoms with Crippen LogP contribution in [0.5, 0.6) is 0 Å². The van der Waals surface area contributed by atoms with E-state index in [-0.39, 0.29) is 0 Å². The summed E-state index contributed by atoms with van der Waals surface area (Å²) in [4.78, 5) is 7.93. The van der Waals surface area contributed by atoms with Crippen molar-refractivity contribution in [2.45, 2.75) is 13.8 Å². The first-order valence-electron chi connectivity index (χ1n) is 6.32. The largest absolute Gasteiger partial charge is 0.236 e. The van der Waals surface area contributed by atoms with Crippen molar-refractivity contribution in [2.24, 2.45) is 0 Å². The van der Waals surface area contributed by atoms with Crippen LogP contribution in [0.4, 0.5) is 0 Å². The van der Waals surface area contributed by atoms with Gasteiger partial charge in [-0.15, -0.1) is 22.7 Å². The zero-order valence-electron chi connectivity index (χ0n) is 11.3. The number of thiazole rings is 1. The molecule has 0 aliphatic carbocycles. The van der Waals surface area contributed by atoms with Crippen molar-refractivity contribution >= 4 is 22.7 Å². The lowest BCUT2D eigenvalue weighted by Crippen LogP contribution is -1.73. The van der Waals surface area contributed by atoms with Crippen molar-refractivity contribution in [3.05, 3.63) is 62.9 Å². The SMILES string of the molecule is Cc1ccc(-c2cnc(C#Cc3ccc(C)s3)s2)cc1. The molecule has 0 atom stereocenters. The molecule has 1 aromatic carbocycles. The van der Waals surface area contributed by atoms with E-state index in [1.165, 1.54) is 16.0 Å². The number of aromatic nitrogens is 1. The molecule has 2 heterocycles. The van der Waals surface area contributed by atoms with Crippen LogP contribution in [-0.2, 0) is 0 Å². The van der Waals surface area contributed by atoms with Crippen molar-refractivity contribution in [1.29, 1.82) is 0 Å². The quantitative estimate of drug-likeness (QED) is 0.583. The fourth-order valence-corrected chi connectivity index (χ4v) is 3.30. The van der Waals surface area contributed by atoms with Gasteiger partial charge in [-0.1, -0.05) is 29.8 Å². The van der Waals surface area contributed by atoms with Crippen LogP contribution in [0, 0.1) is 25.7 Å². The fourth-order valence-electron chi connectivity index (χ4n) is 1.80. The molecule has 0 amide bonds. The predicted molar refractivity (Wildman–Crippen MR) is 87.3 cm³/mol. The average Bonchev–Trinajstić information content (AvgIpc) is 3.06. The highest BCUT2D eigenvalue weighted by atomic mass is 32.1. The molecule has 0 radical (unpaired) electrons. The third-order valence-electron chi connectivity index (χ3n) is 2.87.